The Morgan fingerprint density at radius 1 is 1.35 bits per heavy atom. The van der Waals surface area contributed by atoms with Crippen LogP contribution in [-0.4, -0.2) is 38.3 Å². The number of hydrogen-bond donors (Lipinski definition) is 2. The van der Waals surface area contributed by atoms with E-state index in [9.17, 15) is 4.39 Å². The SMILES string of the molecule is CCNC(=NCCCOCC)NC1CC1c1ccccc1F.I. The monoisotopic (exact) mass is 435 g/mol. The van der Waals surface area contributed by atoms with E-state index in [-0.39, 0.29) is 41.8 Å². The van der Waals surface area contributed by atoms with Gasteiger partial charge in [0.1, 0.15) is 5.82 Å². The van der Waals surface area contributed by atoms with Gasteiger partial charge in [0.25, 0.3) is 0 Å². The highest BCUT2D eigenvalue weighted by molar-refractivity contribution is 14.0. The summed E-state index contributed by atoms with van der Waals surface area (Å²) in [6.07, 6.45) is 1.86. The molecule has 1 aliphatic rings. The number of nitrogens with one attached hydrogen (secondary N) is 2. The third-order valence-electron chi connectivity index (χ3n) is 3.68. The van der Waals surface area contributed by atoms with Crippen molar-refractivity contribution in [3.63, 3.8) is 0 Å². The zero-order valence-corrected chi connectivity index (χ0v) is 16.2. The van der Waals surface area contributed by atoms with E-state index in [0.29, 0.717) is 0 Å². The number of hydrogen-bond acceptors (Lipinski definition) is 2. The van der Waals surface area contributed by atoms with Crippen LogP contribution in [-0.2, 0) is 4.74 Å². The number of benzene rings is 1. The highest BCUT2D eigenvalue weighted by atomic mass is 127. The molecule has 2 rings (SSSR count). The van der Waals surface area contributed by atoms with Crippen LogP contribution in [0.5, 0.6) is 0 Å². The first-order valence-corrected chi connectivity index (χ1v) is 8.13. The van der Waals surface area contributed by atoms with Crippen LogP contribution in [0.2, 0.25) is 0 Å². The summed E-state index contributed by atoms with van der Waals surface area (Å²) in [5, 5.41) is 6.63. The molecule has 1 aromatic rings. The minimum absolute atomic E-state index is 0. The van der Waals surface area contributed by atoms with Gasteiger partial charge < -0.3 is 15.4 Å². The predicted molar refractivity (Wildman–Crippen MR) is 103 cm³/mol. The topological polar surface area (TPSA) is 45.7 Å². The molecule has 1 aliphatic carbocycles. The summed E-state index contributed by atoms with van der Waals surface area (Å²) in [5.74, 6) is 0.937. The molecular weight excluding hydrogens is 408 g/mol. The summed E-state index contributed by atoms with van der Waals surface area (Å²) in [6.45, 7) is 7.05. The van der Waals surface area contributed by atoms with Crippen LogP contribution in [0, 0.1) is 5.82 Å². The van der Waals surface area contributed by atoms with E-state index >= 15 is 0 Å². The van der Waals surface area contributed by atoms with Gasteiger partial charge in [-0.3, -0.25) is 4.99 Å². The van der Waals surface area contributed by atoms with Crippen molar-refractivity contribution in [1.29, 1.82) is 0 Å². The first-order valence-electron chi connectivity index (χ1n) is 8.13. The second kappa shape index (κ2) is 10.8. The van der Waals surface area contributed by atoms with Gasteiger partial charge >= 0.3 is 0 Å². The summed E-state index contributed by atoms with van der Waals surface area (Å²) < 4.78 is 19.1. The smallest absolute Gasteiger partial charge is 0.191 e. The van der Waals surface area contributed by atoms with Crippen molar-refractivity contribution in [3.8, 4) is 0 Å². The molecule has 2 N–H and O–H groups in total. The van der Waals surface area contributed by atoms with Crippen molar-refractivity contribution < 1.29 is 9.13 Å². The molecular formula is C17H27FIN3O. The van der Waals surface area contributed by atoms with Crippen molar-refractivity contribution in [2.24, 2.45) is 4.99 Å². The Kier molecular flexibility index (Phi) is 9.47. The highest BCUT2D eigenvalue weighted by Crippen LogP contribution is 2.41. The van der Waals surface area contributed by atoms with Crippen molar-refractivity contribution >= 4 is 29.9 Å². The molecule has 4 nitrogen and oxygen atoms in total. The van der Waals surface area contributed by atoms with Crippen molar-refractivity contribution in [3.05, 3.63) is 35.6 Å². The number of nitrogens with zero attached hydrogens (tertiary/aromatic N) is 1. The third kappa shape index (κ3) is 6.63. The molecule has 130 valence electrons. The zero-order valence-electron chi connectivity index (χ0n) is 13.8. The molecule has 0 amide bonds. The molecule has 2 atom stereocenters. The van der Waals surface area contributed by atoms with Gasteiger partial charge in [-0.1, -0.05) is 18.2 Å². The molecule has 1 aromatic carbocycles. The Labute approximate surface area is 155 Å². The molecule has 0 bridgehead atoms. The van der Waals surface area contributed by atoms with Gasteiger partial charge in [0, 0.05) is 38.3 Å². The standard InChI is InChI=1S/C17H26FN3O.HI/c1-3-19-17(20-10-7-11-22-4-2)21-16-12-14(16)13-8-5-6-9-15(13)18;/h5-6,8-9,14,16H,3-4,7,10-12H2,1-2H3,(H2,19,20,21);1H. The van der Waals surface area contributed by atoms with Gasteiger partial charge in [-0.15, -0.1) is 24.0 Å². The zero-order chi connectivity index (χ0) is 15.8. The second-order valence-corrected chi connectivity index (χ2v) is 5.43. The molecule has 0 heterocycles. The molecule has 1 fully saturated rings. The molecule has 23 heavy (non-hydrogen) atoms. The van der Waals surface area contributed by atoms with Crippen LogP contribution in [0.25, 0.3) is 0 Å². The largest absolute Gasteiger partial charge is 0.382 e. The summed E-state index contributed by atoms with van der Waals surface area (Å²) in [6, 6.07) is 7.28. The fourth-order valence-corrected chi connectivity index (χ4v) is 2.47. The Morgan fingerprint density at radius 3 is 2.83 bits per heavy atom. The lowest BCUT2D eigenvalue weighted by molar-refractivity contribution is 0.146. The number of guanidine groups is 1. The van der Waals surface area contributed by atoms with Gasteiger partial charge in [0.05, 0.1) is 0 Å². The van der Waals surface area contributed by atoms with Crippen LogP contribution in [0.4, 0.5) is 4.39 Å². The van der Waals surface area contributed by atoms with E-state index in [1.807, 2.05) is 26.0 Å². The maximum Gasteiger partial charge on any atom is 0.191 e. The van der Waals surface area contributed by atoms with Crippen LogP contribution in [0.3, 0.4) is 0 Å². The maximum atomic E-state index is 13.8. The summed E-state index contributed by atoms with van der Waals surface area (Å²) in [4.78, 5) is 4.54. The molecule has 0 radical (unpaired) electrons. The second-order valence-electron chi connectivity index (χ2n) is 5.43. The minimum atomic E-state index is -0.115. The lowest BCUT2D eigenvalue weighted by atomic mass is 10.1. The Hall–Kier alpha value is -0.890. The molecule has 0 aliphatic heterocycles. The lowest BCUT2D eigenvalue weighted by Gasteiger charge is -2.11. The van der Waals surface area contributed by atoms with Crippen molar-refractivity contribution in [1.82, 2.24) is 10.6 Å². The minimum Gasteiger partial charge on any atom is -0.382 e. The summed E-state index contributed by atoms with van der Waals surface area (Å²) >= 11 is 0. The normalized spacial score (nSPS) is 19.9. The number of ether oxygens (including phenoxy) is 1. The Balaban J connectivity index is 0.00000264. The first-order chi connectivity index (χ1) is 10.8. The van der Waals surface area contributed by atoms with Crippen LogP contribution >= 0.6 is 24.0 Å². The third-order valence-corrected chi connectivity index (χ3v) is 3.68. The average Bonchev–Trinajstić information content (AvgIpc) is 3.26. The molecule has 0 spiro atoms. The predicted octanol–water partition coefficient (Wildman–Crippen LogP) is 3.28. The number of aliphatic imine (C=N–C) groups is 1. The number of rotatable bonds is 8. The van der Waals surface area contributed by atoms with Crippen LogP contribution in [0.15, 0.2) is 29.3 Å². The molecule has 0 saturated heterocycles. The summed E-state index contributed by atoms with van der Waals surface area (Å²) in [5.41, 5.74) is 0.798. The Bertz CT molecular complexity index is 498. The quantitative estimate of drug-likeness (QED) is 0.285. The van der Waals surface area contributed by atoms with Gasteiger partial charge in [-0.05, 0) is 38.3 Å². The molecule has 0 aromatic heterocycles. The van der Waals surface area contributed by atoms with Gasteiger partial charge in [0.15, 0.2) is 5.96 Å². The van der Waals surface area contributed by atoms with E-state index in [4.69, 9.17) is 4.74 Å². The summed E-state index contributed by atoms with van der Waals surface area (Å²) in [7, 11) is 0. The maximum absolute atomic E-state index is 13.8. The van der Waals surface area contributed by atoms with E-state index in [1.54, 1.807) is 6.07 Å². The van der Waals surface area contributed by atoms with Crippen LogP contribution < -0.4 is 10.6 Å². The van der Waals surface area contributed by atoms with Crippen molar-refractivity contribution in [2.75, 3.05) is 26.3 Å². The van der Waals surface area contributed by atoms with Crippen molar-refractivity contribution in [2.45, 2.75) is 38.6 Å². The van der Waals surface area contributed by atoms with Crippen LogP contribution in [0.1, 0.15) is 38.2 Å². The van der Waals surface area contributed by atoms with E-state index in [1.165, 1.54) is 6.07 Å². The van der Waals surface area contributed by atoms with Gasteiger partial charge in [0.2, 0.25) is 0 Å². The van der Waals surface area contributed by atoms with E-state index in [0.717, 1.165) is 50.7 Å². The highest BCUT2D eigenvalue weighted by Gasteiger charge is 2.40. The van der Waals surface area contributed by atoms with E-state index < -0.39 is 0 Å². The lowest BCUT2D eigenvalue weighted by Crippen LogP contribution is -2.39. The molecule has 6 heteroatoms. The van der Waals surface area contributed by atoms with Gasteiger partial charge in [-0.25, -0.2) is 4.39 Å². The fraction of sp³-hybridized carbons (Fsp3) is 0.588. The first kappa shape index (κ1) is 20.2. The molecule has 2 unspecified atom stereocenters. The van der Waals surface area contributed by atoms with E-state index in [2.05, 4.69) is 15.6 Å². The van der Waals surface area contributed by atoms with Gasteiger partial charge in [-0.2, -0.15) is 0 Å². The fourth-order valence-electron chi connectivity index (χ4n) is 2.47. The molecule has 1 saturated carbocycles. The average molecular weight is 435 g/mol. The number of halogens is 2. The Morgan fingerprint density at radius 2 is 2.13 bits per heavy atom.